The molecular weight excluding hydrogens is 382 g/mol. The summed E-state index contributed by atoms with van der Waals surface area (Å²) in [4.78, 5) is 11.8. The Morgan fingerprint density at radius 3 is 2.07 bits per heavy atom. The van der Waals surface area contributed by atoms with Gasteiger partial charge in [0.15, 0.2) is 6.61 Å². The molecule has 148 valence electrons. The van der Waals surface area contributed by atoms with Crippen molar-refractivity contribution in [1.29, 1.82) is 0 Å². The standard InChI is InChI=1S/C16H14F6N2O3/c1-8(2)12-6-14(27-24-12)23-13(25)7-26-11-4-9(15(17,18)19)3-10(5-11)16(20,21)22/h3-6,8H,7H2,1-2H3,(H,23,25). The molecule has 27 heavy (non-hydrogen) atoms. The SMILES string of the molecule is CC(C)c1cc(NC(=O)COc2cc(C(F)(F)F)cc(C(F)(F)F)c2)on1. The molecule has 0 saturated heterocycles. The summed E-state index contributed by atoms with van der Waals surface area (Å²) in [5.41, 5.74) is -2.52. The van der Waals surface area contributed by atoms with Gasteiger partial charge in [0.1, 0.15) is 5.75 Å². The number of amides is 1. The number of hydrogen-bond acceptors (Lipinski definition) is 4. The molecule has 1 aromatic carbocycles. The Morgan fingerprint density at radius 1 is 1.07 bits per heavy atom. The van der Waals surface area contributed by atoms with Crippen LogP contribution in [-0.2, 0) is 17.1 Å². The number of carbonyl (C=O) groups excluding carboxylic acids is 1. The molecule has 1 aromatic heterocycles. The molecule has 0 saturated carbocycles. The minimum absolute atomic E-state index is 0.0210. The van der Waals surface area contributed by atoms with Crippen molar-refractivity contribution in [3.8, 4) is 5.75 Å². The van der Waals surface area contributed by atoms with Gasteiger partial charge in [0.05, 0.1) is 16.8 Å². The van der Waals surface area contributed by atoms with Crippen LogP contribution in [0.2, 0.25) is 0 Å². The lowest BCUT2D eigenvalue weighted by atomic mass is 10.1. The highest BCUT2D eigenvalue weighted by molar-refractivity contribution is 5.90. The van der Waals surface area contributed by atoms with Crippen molar-refractivity contribution in [2.45, 2.75) is 32.1 Å². The van der Waals surface area contributed by atoms with E-state index in [2.05, 4.69) is 10.5 Å². The van der Waals surface area contributed by atoms with E-state index < -0.39 is 41.7 Å². The zero-order valence-corrected chi connectivity index (χ0v) is 14.0. The van der Waals surface area contributed by atoms with Gasteiger partial charge in [-0.2, -0.15) is 26.3 Å². The molecule has 1 amide bonds. The molecule has 0 spiro atoms. The van der Waals surface area contributed by atoms with Crippen LogP contribution in [0.15, 0.2) is 28.8 Å². The average Bonchev–Trinajstić information content (AvgIpc) is 3.00. The second-order valence-electron chi connectivity index (χ2n) is 5.85. The van der Waals surface area contributed by atoms with Gasteiger partial charge >= 0.3 is 12.4 Å². The molecule has 11 heteroatoms. The summed E-state index contributed by atoms with van der Waals surface area (Å²) in [7, 11) is 0. The van der Waals surface area contributed by atoms with Crippen molar-refractivity contribution in [3.63, 3.8) is 0 Å². The minimum atomic E-state index is -5.01. The van der Waals surface area contributed by atoms with Crippen molar-refractivity contribution >= 4 is 11.8 Å². The zero-order valence-electron chi connectivity index (χ0n) is 14.0. The molecule has 0 aliphatic heterocycles. The van der Waals surface area contributed by atoms with Gasteiger partial charge in [0.25, 0.3) is 5.91 Å². The molecule has 1 N–H and O–H groups in total. The molecule has 1 heterocycles. The highest BCUT2D eigenvalue weighted by atomic mass is 19.4. The molecule has 0 atom stereocenters. The van der Waals surface area contributed by atoms with E-state index in [1.807, 2.05) is 13.8 Å². The van der Waals surface area contributed by atoms with Crippen LogP contribution in [-0.4, -0.2) is 17.7 Å². The van der Waals surface area contributed by atoms with Gasteiger partial charge in [0, 0.05) is 6.07 Å². The normalized spacial score (nSPS) is 12.3. The smallest absolute Gasteiger partial charge is 0.416 e. The number of anilines is 1. The van der Waals surface area contributed by atoms with Gasteiger partial charge in [-0.15, -0.1) is 0 Å². The van der Waals surface area contributed by atoms with E-state index in [1.165, 1.54) is 6.07 Å². The monoisotopic (exact) mass is 396 g/mol. The maximum absolute atomic E-state index is 12.8. The number of halogens is 6. The predicted molar refractivity (Wildman–Crippen MR) is 81.2 cm³/mol. The Morgan fingerprint density at radius 2 is 1.63 bits per heavy atom. The van der Waals surface area contributed by atoms with Crippen LogP contribution in [0.1, 0.15) is 36.6 Å². The first-order chi connectivity index (χ1) is 12.4. The van der Waals surface area contributed by atoms with Crippen LogP contribution >= 0.6 is 0 Å². The highest BCUT2D eigenvalue weighted by Gasteiger charge is 2.37. The molecule has 2 rings (SSSR count). The van der Waals surface area contributed by atoms with Crippen molar-refractivity contribution in [1.82, 2.24) is 5.16 Å². The number of hydrogen-bond donors (Lipinski definition) is 1. The Balaban J connectivity index is 2.10. The van der Waals surface area contributed by atoms with E-state index in [4.69, 9.17) is 9.26 Å². The fourth-order valence-corrected chi connectivity index (χ4v) is 1.95. The number of rotatable bonds is 5. The van der Waals surface area contributed by atoms with Crippen LogP contribution in [0.4, 0.5) is 32.2 Å². The third kappa shape index (κ3) is 5.63. The second kappa shape index (κ2) is 7.49. The van der Waals surface area contributed by atoms with Crippen molar-refractivity contribution < 1.29 is 40.4 Å². The number of carbonyl (C=O) groups is 1. The Labute approximate surface area is 149 Å². The molecular formula is C16H14F6N2O3. The van der Waals surface area contributed by atoms with Crippen LogP contribution in [0.3, 0.4) is 0 Å². The molecule has 0 aliphatic rings. The maximum atomic E-state index is 12.8. The van der Waals surface area contributed by atoms with Crippen LogP contribution in [0.5, 0.6) is 5.75 Å². The first-order valence-corrected chi connectivity index (χ1v) is 7.55. The van der Waals surface area contributed by atoms with Gasteiger partial charge in [-0.25, -0.2) is 0 Å². The predicted octanol–water partition coefficient (Wildman–Crippen LogP) is 4.85. The summed E-state index contributed by atoms with van der Waals surface area (Å²) >= 11 is 0. The molecule has 5 nitrogen and oxygen atoms in total. The Kier molecular flexibility index (Phi) is 5.71. The average molecular weight is 396 g/mol. The van der Waals surface area contributed by atoms with E-state index in [9.17, 15) is 31.1 Å². The van der Waals surface area contributed by atoms with Crippen molar-refractivity contribution in [2.24, 2.45) is 0 Å². The Hall–Kier alpha value is -2.72. The zero-order chi connectivity index (χ0) is 20.4. The molecule has 0 fully saturated rings. The number of alkyl halides is 6. The van der Waals surface area contributed by atoms with Gasteiger partial charge in [-0.1, -0.05) is 19.0 Å². The lowest BCUT2D eigenvalue weighted by Gasteiger charge is -2.14. The first-order valence-electron chi connectivity index (χ1n) is 7.55. The molecule has 0 unspecified atom stereocenters. The van der Waals surface area contributed by atoms with Crippen LogP contribution in [0.25, 0.3) is 0 Å². The summed E-state index contributed by atoms with van der Waals surface area (Å²) in [6.45, 7) is 2.84. The van der Waals surface area contributed by atoms with Crippen LogP contribution < -0.4 is 10.1 Å². The number of aromatic nitrogens is 1. The molecule has 0 bridgehead atoms. The van der Waals surface area contributed by atoms with E-state index >= 15 is 0 Å². The van der Waals surface area contributed by atoms with Crippen LogP contribution in [0, 0.1) is 0 Å². The summed E-state index contributed by atoms with van der Waals surface area (Å²) < 4.78 is 86.2. The van der Waals surface area contributed by atoms with Gasteiger partial charge in [0.2, 0.25) is 5.88 Å². The molecule has 2 aromatic rings. The van der Waals surface area contributed by atoms with Gasteiger partial charge in [-0.3, -0.25) is 10.1 Å². The molecule has 0 aliphatic carbocycles. The van der Waals surface area contributed by atoms with E-state index in [0.29, 0.717) is 17.8 Å². The van der Waals surface area contributed by atoms with Crippen molar-refractivity contribution in [3.05, 3.63) is 41.1 Å². The number of benzene rings is 1. The summed E-state index contributed by atoms with van der Waals surface area (Å²) in [5.74, 6) is -1.57. The largest absolute Gasteiger partial charge is 0.484 e. The fraction of sp³-hybridized carbons (Fsp3) is 0.375. The van der Waals surface area contributed by atoms with Gasteiger partial charge in [-0.05, 0) is 24.1 Å². The summed E-state index contributed by atoms with van der Waals surface area (Å²) in [6, 6.07) is 2.17. The summed E-state index contributed by atoms with van der Waals surface area (Å²) in [6.07, 6.45) is -10.0. The molecule has 0 radical (unpaired) electrons. The Bertz CT molecular complexity index is 779. The van der Waals surface area contributed by atoms with Crippen molar-refractivity contribution in [2.75, 3.05) is 11.9 Å². The highest BCUT2D eigenvalue weighted by Crippen LogP contribution is 2.38. The second-order valence-corrected chi connectivity index (χ2v) is 5.85. The lowest BCUT2D eigenvalue weighted by molar-refractivity contribution is -0.143. The van der Waals surface area contributed by atoms with E-state index in [-0.39, 0.29) is 17.9 Å². The van der Waals surface area contributed by atoms with Gasteiger partial charge < -0.3 is 9.26 Å². The maximum Gasteiger partial charge on any atom is 0.416 e. The number of nitrogens with zero attached hydrogens (tertiary/aromatic N) is 1. The topological polar surface area (TPSA) is 64.4 Å². The van der Waals surface area contributed by atoms with E-state index in [1.54, 1.807) is 0 Å². The third-order valence-electron chi connectivity index (χ3n) is 3.31. The fourth-order valence-electron chi connectivity index (χ4n) is 1.95. The first kappa shape index (κ1) is 20.6. The quantitative estimate of drug-likeness (QED) is 0.734. The lowest BCUT2D eigenvalue weighted by Crippen LogP contribution is -2.20. The number of ether oxygens (including phenoxy) is 1. The minimum Gasteiger partial charge on any atom is -0.484 e. The van der Waals surface area contributed by atoms with E-state index in [0.717, 1.165) is 0 Å². The third-order valence-corrected chi connectivity index (χ3v) is 3.31. The number of nitrogens with one attached hydrogen (secondary N) is 1. The summed E-state index contributed by atoms with van der Waals surface area (Å²) in [5, 5.41) is 5.92.